The number of nitrogens with two attached hydrogens (primary N) is 1. The summed E-state index contributed by atoms with van der Waals surface area (Å²) in [6.45, 7) is 5.77. The molecule has 0 saturated heterocycles. The largest absolute Gasteiger partial charge is 0.475 e. The summed E-state index contributed by atoms with van der Waals surface area (Å²) in [6, 6.07) is 0. The fourth-order valence-electron chi connectivity index (χ4n) is 0.839. The minimum Gasteiger partial charge on any atom is -0.475 e. The summed E-state index contributed by atoms with van der Waals surface area (Å²) >= 11 is 0. The molecular formula is C8H14N4O. The second-order valence-corrected chi connectivity index (χ2v) is 2.99. The first-order chi connectivity index (χ1) is 6.13. The monoisotopic (exact) mass is 182 g/mol. The Hall–Kier alpha value is -1.36. The highest BCUT2D eigenvalue weighted by molar-refractivity contribution is 5.31. The van der Waals surface area contributed by atoms with Crippen LogP contribution in [-0.2, 0) is 0 Å². The molecule has 0 aliphatic heterocycles. The standard InChI is InChI=1S/C8H14N4O/c1-5(2)13-7-6(3)4-10-8(11-7)12-9/h4-5H,9H2,1-3H3,(H,10,11,12). The van der Waals surface area contributed by atoms with Gasteiger partial charge in [-0.2, -0.15) is 4.98 Å². The van der Waals surface area contributed by atoms with Gasteiger partial charge in [-0.05, 0) is 20.8 Å². The number of rotatable bonds is 3. The zero-order valence-corrected chi connectivity index (χ0v) is 8.03. The van der Waals surface area contributed by atoms with E-state index in [0.29, 0.717) is 11.8 Å². The van der Waals surface area contributed by atoms with Crippen LogP contribution < -0.4 is 16.0 Å². The van der Waals surface area contributed by atoms with Gasteiger partial charge in [0.15, 0.2) is 0 Å². The first-order valence-electron chi connectivity index (χ1n) is 4.10. The van der Waals surface area contributed by atoms with E-state index in [4.69, 9.17) is 10.6 Å². The number of hydrogen-bond donors (Lipinski definition) is 2. The second-order valence-electron chi connectivity index (χ2n) is 2.99. The maximum atomic E-state index is 5.44. The molecule has 0 amide bonds. The smallest absolute Gasteiger partial charge is 0.240 e. The molecule has 1 aromatic rings. The predicted octanol–water partition coefficient (Wildman–Crippen LogP) is 0.858. The number of hydrazine groups is 1. The lowest BCUT2D eigenvalue weighted by atomic mass is 10.3. The van der Waals surface area contributed by atoms with Gasteiger partial charge in [0.1, 0.15) is 0 Å². The van der Waals surface area contributed by atoms with Gasteiger partial charge in [-0.1, -0.05) is 0 Å². The van der Waals surface area contributed by atoms with Crippen LogP contribution in [0, 0.1) is 6.92 Å². The number of ether oxygens (including phenoxy) is 1. The molecule has 0 atom stereocenters. The van der Waals surface area contributed by atoms with Crippen molar-refractivity contribution in [2.24, 2.45) is 5.84 Å². The topological polar surface area (TPSA) is 73.1 Å². The van der Waals surface area contributed by atoms with Crippen molar-refractivity contribution < 1.29 is 4.74 Å². The number of anilines is 1. The maximum absolute atomic E-state index is 5.44. The van der Waals surface area contributed by atoms with E-state index in [9.17, 15) is 0 Å². The number of nitrogen functional groups attached to an aromatic ring is 1. The van der Waals surface area contributed by atoms with Crippen LogP contribution in [0.25, 0.3) is 0 Å². The summed E-state index contributed by atoms with van der Waals surface area (Å²) in [4.78, 5) is 8.00. The number of hydrogen-bond acceptors (Lipinski definition) is 5. The van der Waals surface area contributed by atoms with Crippen LogP contribution in [0.2, 0.25) is 0 Å². The summed E-state index contributed by atoms with van der Waals surface area (Å²) in [7, 11) is 0. The summed E-state index contributed by atoms with van der Waals surface area (Å²) in [5.41, 5.74) is 3.26. The Kier molecular flexibility index (Phi) is 3.02. The maximum Gasteiger partial charge on any atom is 0.240 e. The van der Waals surface area contributed by atoms with E-state index < -0.39 is 0 Å². The Morgan fingerprint density at radius 2 is 2.23 bits per heavy atom. The first kappa shape index (κ1) is 9.73. The van der Waals surface area contributed by atoms with Gasteiger partial charge in [0.25, 0.3) is 0 Å². The van der Waals surface area contributed by atoms with Crippen molar-refractivity contribution in [3.8, 4) is 5.88 Å². The third kappa shape index (κ3) is 2.55. The lowest BCUT2D eigenvalue weighted by Gasteiger charge is -2.11. The number of aryl methyl sites for hydroxylation is 1. The third-order valence-corrected chi connectivity index (χ3v) is 1.40. The van der Waals surface area contributed by atoms with Crippen LogP contribution in [-0.4, -0.2) is 16.1 Å². The van der Waals surface area contributed by atoms with E-state index in [1.54, 1.807) is 6.20 Å². The Labute approximate surface area is 77.3 Å². The normalized spacial score (nSPS) is 10.2. The fourth-order valence-corrected chi connectivity index (χ4v) is 0.839. The van der Waals surface area contributed by atoms with Gasteiger partial charge in [-0.25, -0.2) is 10.8 Å². The molecule has 0 aromatic carbocycles. The molecule has 0 bridgehead atoms. The van der Waals surface area contributed by atoms with Crippen molar-refractivity contribution in [2.75, 3.05) is 5.43 Å². The van der Waals surface area contributed by atoms with Crippen LogP contribution in [0.1, 0.15) is 19.4 Å². The van der Waals surface area contributed by atoms with Crippen LogP contribution in [0.5, 0.6) is 5.88 Å². The van der Waals surface area contributed by atoms with Gasteiger partial charge >= 0.3 is 0 Å². The van der Waals surface area contributed by atoms with Crippen LogP contribution >= 0.6 is 0 Å². The highest BCUT2D eigenvalue weighted by Gasteiger charge is 2.05. The van der Waals surface area contributed by atoms with Gasteiger partial charge in [-0.15, -0.1) is 0 Å². The van der Waals surface area contributed by atoms with E-state index >= 15 is 0 Å². The Morgan fingerprint density at radius 1 is 1.54 bits per heavy atom. The molecule has 1 rings (SSSR count). The molecule has 3 N–H and O–H groups in total. The zero-order valence-electron chi connectivity index (χ0n) is 8.03. The SMILES string of the molecule is Cc1cnc(NN)nc1OC(C)C. The molecule has 1 heterocycles. The quantitative estimate of drug-likeness (QED) is 0.535. The Balaban J connectivity index is 2.90. The fraction of sp³-hybridized carbons (Fsp3) is 0.500. The van der Waals surface area contributed by atoms with E-state index in [-0.39, 0.29) is 6.10 Å². The average molecular weight is 182 g/mol. The van der Waals surface area contributed by atoms with Crippen LogP contribution in [0.15, 0.2) is 6.20 Å². The summed E-state index contributed by atoms with van der Waals surface area (Å²) in [5, 5.41) is 0. The summed E-state index contributed by atoms with van der Waals surface area (Å²) in [5.74, 6) is 6.10. The Morgan fingerprint density at radius 3 is 2.77 bits per heavy atom. The molecule has 72 valence electrons. The van der Waals surface area contributed by atoms with E-state index in [2.05, 4.69) is 15.4 Å². The minimum absolute atomic E-state index is 0.0965. The van der Waals surface area contributed by atoms with Gasteiger partial charge in [0, 0.05) is 11.8 Å². The molecule has 13 heavy (non-hydrogen) atoms. The lowest BCUT2D eigenvalue weighted by Crippen LogP contribution is -2.13. The van der Waals surface area contributed by atoms with E-state index in [1.165, 1.54) is 0 Å². The molecule has 0 unspecified atom stereocenters. The van der Waals surface area contributed by atoms with E-state index in [0.717, 1.165) is 5.56 Å². The molecule has 1 aromatic heterocycles. The van der Waals surface area contributed by atoms with Crippen LogP contribution in [0.4, 0.5) is 5.95 Å². The molecule has 0 aliphatic carbocycles. The zero-order chi connectivity index (χ0) is 9.84. The Bertz CT molecular complexity index is 287. The highest BCUT2D eigenvalue weighted by atomic mass is 16.5. The molecule has 0 spiro atoms. The number of nitrogens with one attached hydrogen (secondary N) is 1. The van der Waals surface area contributed by atoms with E-state index in [1.807, 2.05) is 20.8 Å². The number of nitrogens with zero attached hydrogens (tertiary/aromatic N) is 2. The highest BCUT2D eigenvalue weighted by Crippen LogP contribution is 2.15. The average Bonchev–Trinajstić information content (AvgIpc) is 2.08. The summed E-state index contributed by atoms with van der Waals surface area (Å²) < 4.78 is 5.44. The molecule has 5 nitrogen and oxygen atoms in total. The number of aromatic nitrogens is 2. The molecule has 0 aliphatic rings. The minimum atomic E-state index is 0.0965. The molecule has 0 radical (unpaired) electrons. The third-order valence-electron chi connectivity index (χ3n) is 1.40. The molecule has 0 saturated carbocycles. The van der Waals surface area contributed by atoms with Gasteiger partial charge < -0.3 is 4.74 Å². The van der Waals surface area contributed by atoms with Crippen molar-refractivity contribution in [1.29, 1.82) is 0 Å². The van der Waals surface area contributed by atoms with Crippen molar-refractivity contribution in [3.05, 3.63) is 11.8 Å². The molecular weight excluding hydrogens is 168 g/mol. The van der Waals surface area contributed by atoms with Crippen molar-refractivity contribution >= 4 is 5.95 Å². The molecule has 0 fully saturated rings. The van der Waals surface area contributed by atoms with Gasteiger partial charge in [0.05, 0.1) is 6.10 Å². The van der Waals surface area contributed by atoms with Gasteiger partial charge in [0.2, 0.25) is 11.8 Å². The van der Waals surface area contributed by atoms with Gasteiger partial charge in [-0.3, -0.25) is 5.43 Å². The predicted molar refractivity (Wildman–Crippen MR) is 50.3 cm³/mol. The first-order valence-corrected chi connectivity index (χ1v) is 4.10. The van der Waals surface area contributed by atoms with Crippen LogP contribution in [0.3, 0.4) is 0 Å². The lowest BCUT2D eigenvalue weighted by molar-refractivity contribution is 0.231. The summed E-state index contributed by atoms with van der Waals surface area (Å²) in [6.07, 6.45) is 1.76. The second kappa shape index (κ2) is 4.04. The molecule has 5 heteroatoms. The van der Waals surface area contributed by atoms with Crippen molar-refractivity contribution in [3.63, 3.8) is 0 Å². The van der Waals surface area contributed by atoms with Crippen molar-refractivity contribution in [2.45, 2.75) is 26.9 Å². The van der Waals surface area contributed by atoms with Crippen molar-refractivity contribution in [1.82, 2.24) is 9.97 Å².